The molecule has 0 bridgehead atoms. The first-order valence-corrected chi connectivity index (χ1v) is 19.6. The average Bonchev–Trinajstić information content (AvgIpc) is 3.75. The Hall–Kier alpha value is -6.32. The summed E-state index contributed by atoms with van der Waals surface area (Å²) in [6.45, 7) is 9.12. The predicted octanol–water partition coefficient (Wildman–Crippen LogP) is 5.28. The number of nitrogens with zero attached hydrogens (tertiary/aromatic N) is 5. The summed E-state index contributed by atoms with van der Waals surface area (Å²) < 4.78 is 5.35. The van der Waals surface area contributed by atoms with Gasteiger partial charge < -0.3 is 35.6 Å². The second-order valence-corrected chi connectivity index (χ2v) is 16.0. The maximum Gasteiger partial charge on any atom is 0.407 e. The number of aromatic amines is 1. The van der Waals surface area contributed by atoms with Gasteiger partial charge in [0.15, 0.2) is 0 Å². The molecule has 1 saturated carbocycles. The molecule has 5 amide bonds. The number of carbonyl (C=O) groups is 5. The highest BCUT2D eigenvalue weighted by molar-refractivity contribution is 5.98. The van der Waals surface area contributed by atoms with Crippen molar-refractivity contribution >= 4 is 35.6 Å². The van der Waals surface area contributed by atoms with Crippen LogP contribution in [-0.2, 0) is 20.7 Å². The number of hydrogen-bond acceptors (Lipinski definition) is 9. The number of H-pyrrole nitrogens is 1. The number of alkyl carbamates (subject to hydrolysis) is 1. The fourth-order valence-electron chi connectivity index (χ4n) is 7.35. The van der Waals surface area contributed by atoms with E-state index in [1.807, 2.05) is 64.1 Å². The largest absolute Gasteiger partial charge is 0.465 e. The Morgan fingerprint density at radius 3 is 2.14 bits per heavy atom. The van der Waals surface area contributed by atoms with E-state index in [0.717, 1.165) is 40.7 Å². The van der Waals surface area contributed by atoms with Gasteiger partial charge in [-0.05, 0) is 123 Å². The second kappa shape index (κ2) is 18.3. The lowest BCUT2D eigenvalue weighted by molar-refractivity contribution is -0.130. The summed E-state index contributed by atoms with van der Waals surface area (Å²) in [7, 11) is 0. The van der Waals surface area contributed by atoms with Crippen LogP contribution in [0.1, 0.15) is 67.9 Å². The Balaban J connectivity index is 1.10. The Kier molecular flexibility index (Phi) is 13.0. The lowest BCUT2D eigenvalue weighted by Crippen LogP contribution is -2.50. The summed E-state index contributed by atoms with van der Waals surface area (Å²) >= 11 is 0. The van der Waals surface area contributed by atoms with Crippen LogP contribution in [0.15, 0.2) is 66.7 Å². The van der Waals surface area contributed by atoms with Crippen LogP contribution in [0.2, 0.25) is 0 Å². The number of carbonyl (C=O) groups excluding carboxylic acids is 4. The molecule has 16 nitrogen and oxygen atoms in total. The van der Waals surface area contributed by atoms with Crippen molar-refractivity contribution in [1.29, 1.82) is 0 Å². The maximum atomic E-state index is 13.9. The van der Waals surface area contributed by atoms with E-state index < -0.39 is 23.8 Å². The number of hydrogen-bond donors (Lipinski definition) is 5. The normalized spacial score (nSPS) is 17.5. The topological polar surface area (TPSA) is 212 Å². The smallest absolute Gasteiger partial charge is 0.407 e. The minimum atomic E-state index is -0.979. The molecule has 306 valence electrons. The summed E-state index contributed by atoms with van der Waals surface area (Å²) in [5.41, 5.74) is 4.87. The van der Waals surface area contributed by atoms with Crippen LogP contribution in [-0.4, -0.2) is 110 Å². The number of ether oxygens (including phenoxy) is 1. The maximum absolute atomic E-state index is 13.9. The summed E-state index contributed by atoms with van der Waals surface area (Å²) in [6.07, 6.45) is 1.61. The zero-order chi connectivity index (χ0) is 41.4. The molecule has 16 heteroatoms. The number of nitrogens with one attached hydrogen (secondary N) is 4. The zero-order valence-electron chi connectivity index (χ0n) is 33.3. The lowest BCUT2D eigenvalue weighted by Gasteiger charge is -2.33. The number of tetrazole rings is 1. The van der Waals surface area contributed by atoms with Gasteiger partial charge in [0.2, 0.25) is 17.6 Å². The lowest BCUT2D eigenvalue weighted by atomic mass is 9.81. The molecule has 0 radical (unpaired) electrons. The van der Waals surface area contributed by atoms with Crippen LogP contribution in [0.4, 0.5) is 15.3 Å². The van der Waals surface area contributed by atoms with E-state index in [4.69, 9.17) is 4.74 Å². The van der Waals surface area contributed by atoms with Crippen LogP contribution < -0.4 is 16.0 Å². The number of aromatic nitrogens is 4. The SMILES string of the molecule is Cc1cc(C(=O)N2CCN(C(=O)O)CC2)ccc1-c1ccc(C[C@H](NC(=O)C2CCC(CNC(=O)OC(C)(C)C)CC2)C(=O)Nc2ccc(-c3nn[nH]n3)cc2)cc1. The molecule has 1 aromatic heterocycles. The molecule has 5 N–H and O–H groups in total. The van der Waals surface area contributed by atoms with Crippen LogP contribution >= 0.6 is 0 Å². The van der Waals surface area contributed by atoms with E-state index in [9.17, 15) is 29.1 Å². The molecular weight excluding hydrogens is 743 g/mol. The predicted molar refractivity (Wildman–Crippen MR) is 216 cm³/mol. The van der Waals surface area contributed by atoms with Crippen molar-refractivity contribution in [3.8, 4) is 22.5 Å². The highest BCUT2D eigenvalue weighted by Gasteiger charge is 2.31. The second-order valence-electron chi connectivity index (χ2n) is 16.0. The fourth-order valence-corrected chi connectivity index (χ4v) is 7.35. The molecule has 1 aliphatic heterocycles. The van der Waals surface area contributed by atoms with Crippen molar-refractivity contribution in [2.75, 3.05) is 38.0 Å². The van der Waals surface area contributed by atoms with Crippen molar-refractivity contribution in [2.45, 2.75) is 71.4 Å². The van der Waals surface area contributed by atoms with Crippen molar-refractivity contribution in [3.63, 3.8) is 0 Å². The van der Waals surface area contributed by atoms with Gasteiger partial charge in [-0.15, -0.1) is 10.2 Å². The van der Waals surface area contributed by atoms with Crippen LogP contribution in [0, 0.1) is 18.8 Å². The van der Waals surface area contributed by atoms with Gasteiger partial charge in [-0.2, -0.15) is 5.21 Å². The van der Waals surface area contributed by atoms with E-state index in [1.54, 1.807) is 35.2 Å². The van der Waals surface area contributed by atoms with Gasteiger partial charge in [0.25, 0.3) is 5.91 Å². The van der Waals surface area contributed by atoms with Gasteiger partial charge in [-0.1, -0.05) is 30.3 Å². The van der Waals surface area contributed by atoms with E-state index in [2.05, 4.69) is 36.6 Å². The van der Waals surface area contributed by atoms with E-state index >= 15 is 0 Å². The first-order chi connectivity index (χ1) is 27.7. The number of anilines is 1. The molecule has 1 aliphatic carbocycles. The summed E-state index contributed by atoms with van der Waals surface area (Å²) in [5, 5.41) is 32.1. The van der Waals surface area contributed by atoms with Crippen LogP contribution in [0.5, 0.6) is 0 Å². The zero-order valence-corrected chi connectivity index (χ0v) is 33.3. The van der Waals surface area contributed by atoms with Crippen molar-refractivity contribution in [3.05, 3.63) is 83.4 Å². The minimum absolute atomic E-state index is 0.132. The van der Waals surface area contributed by atoms with Gasteiger partial charge in [-0.25, -0.2) is 9.59 Å². The Bertz CT molecular complexity index is 2070. The number of benzene rings is 3. The number of rotatable bonds is 11. The van der Waals surface area contributed by atoms with Crippen molar-refractivity contribution in [2.24, 2.45) is 11.8 Å². The first-order valence-electron chi connectivity index (χ1n) is 19.6. The molecule has 2 aliphatic rings. The van der Waals surface area contributed by atoms with Gasteiger partial charge in [0.1, 0.15) is 11.6 Å². The third-order valence-electron chi connectivity index (χ3n) is 10.6. The molecule has 1 atom stereocenters. The number of aryl methyl sites for hydroxylation is 1. The fraction of sp³-hybridized carbons (Fsp3) is 0.429. The molecule has 2 heterocycles. The summed E-state index contributed by atoms with van der Waals surface area (Å²) in [4.78, 5) is 67.2. The van der Waals surface area contributed by atoms with E-state index in [0.29, 0.717) is 49.6 Å². The third kappa shape index (κ3) is 11.0. The number of carboxylic acid groups (broad SMARTS) is 1. The molecule has 0 unspecified atom stereocenters. The van der Waals surface area contributed by atoms with Crippen LogP contribution in [0.25, 0.3) is 22.5 Å². The standard InChI is InChI=1S/C42H51N9O7/c1-26-23-32(39(54)50-19-21-51(22-20-50)41(56)57)15-18-34(26)29-9-5-27(6-10-29)24-35(38(53)44-33-16-13-30(14-17-33)36-46-48-49-47-36)45-37(52)31-11-7-28(8-12-31)25-43-40(55)58-42(2,3)4/h5-6,9-10,13-18,23,28,31,35H,7-8,11-12,19-22,24-25H2,1-4H3,(H,43,55)(H,44,53)(H,45,52)(H,56,57)(H,46,47,48,49)/t28?,31?,35-/m0/s1. The molecule has 58 heavy (non-hydrogen) atoms. The quantitative estimate of drug-likeness (QED) is 0.133. The Labute approximate surface area is 337 Å². The molecule has 2 fully saturated rings. The molecule has 3 aromatic carbocycles. The van der Waals surface area contributed by atoms with Crippen molar-refractivity contribution in [1.82, 2.24) is 41.1 Å². The average molecular weight is 794 g/mol. The summed E-state index contributed by atoms with van der Waals surface area (Å²) in [6, 6.07) is 19.5. The number of piperazine rings is 1. The third-order valence-corrected chi connectivity index (χ3v) is 10.6. The number of amides is 5. The highest BCUT2D eigenvalue weighted by Crippen LogP contribution is 2.30. The van der Waals surface area contributed by atoms with Crippen LogP contribution in [0.3, 0.4) is 0 Å². The summed E-state index contributed by atoms with van der Waals surface area (Å²) in [5.74, 6) is -0.289. The Morgan fingerprint density at radius 1 is 0.879 bits per heavy atom. The van der Waals surface area contributed by atoms with Gasteiger partial charge in [0.05, 0.1) is 0 Å². The van der Waals surface area contributed by atoms with E-state index in [-0.39, 0.29) is 49.1 Å². The molecular formula is C42H51N9O7. The van der Waals surface area contributed by atoms with Gasteiger partial charge in [-0.3, -0.25) is 14.4 Å². The molecule has 0 spiro atoms. The molecule has 1 saturated heterocycles. The van der Waals surface area contributed by atoms with E-state index in [1.165, 1.54) is 4.90 Å². The molecule has 6 rings (SSSR count). The first kappa shape index (κ1) is 41.3. The monoisotopic (exact) mass is 793 g/mol. The molecule has 4 aromatic rings. The van der Waals surface area contributed by atoms with Gasteiger partial charge >= 0.3 is 12.2 Å². The van der Waals surface area contributed by atoms with Crippen molar-refractivity contribution < 1.29 is 33.8 Å². The minimum Gasteiger partial charge on any atom is -0.465 e. The highest BCUT2D eigenvalue weighted by atomic mass is 16.6. The Morgan fingerprint density at radius 2 is 1.53 bits per heavy atom. The van der Waals surface area contributed by atoms with Gasteiger partial charge in [0, 0.05) is 61.9 Å².